The molecule has 0 aliphatic heterocycles. The molecule has 1 heterocycles. The second-order valence-electron chi connectivity index (χ2n) is 6.42. The zero-order valence-corrected chi connectivity index (χ0v) is 15.3. The lowest BCUT2D eigenvalue weighted by Crippen LogP contribution is -2.18. The van der Waals surface area contributed by atoms with E-state index in [2.05, 4.69) is 66.7 Å². The average Bonchev–Trinajstić information content (AvgIpc) is 2.92. The fourth-order valence-corrected chi connectivity index (χ4v) is 3.85. The maximum Gasteiger partial charge on any atom is 0.0959 e. The van der Waals surface area contributed by atoms with E-state index in [0.717, 1.165) is 22.5 Å². The zero-order chi connectivity index (χ0) is 17.1. The Hall–Kier alpha value is -1.78. The van der Waals surface area contributed by atoms with Gasteiger partial charge < -0.3 is 9.67 Å². The lowest BCUT2D eigenvalue weighted by molar-refractivity contribution is 0.179. The van der Waals surface area contributed by atoms with Gasteiger partial charge in [0, 0.05) is 11.5 Å². The topological polar surface area (TPSA) is 38.0 Å². The van der Waals surface area contributed by atoms with Crippen molar-refractivity contribution in [3.63, 3.8) is 0 Å². The van der Waals surface area contributed by atoms with Gasteiger partial charge in [-0.25, -0.2) is 4.98 Å². The number of rotatable bonds is 6. The van der Waals surface area contributed by atoms with Crippen LogP contribution in [0.4, 0.5) is 0 Å². The van der Waals surface area contributed by atoms with Crippen molar-refractivity contribution in [1.29, 1.82) is 0 Å². The molecule has 0 aliphatic carbocycles. The molecular formula is C20H24N2OS. The molecule has 1 N–H and O–H groups in total. The number of aryl methyl sites for hydroxylation is 3. The fraction of sp³-hybridized carbons (Fsp3) is 0.350. The van der Waals surface area contributed by atoms with Crippen molar-refractivity contribution in [3.05, 3.63) is 65.0 Å². The number of hydrogen-bond donors (Lipinski definition) is 1. The molecule has 0 fully saturated rings. The van der Waals surface area contributed by atoms with E-state index >= 15 is 0 Å². The van der Waals surface area contributed by atoms with E-state index in [1.807, 2.05) is 6.33 Å². The highest BCUT2D eigenvalue weighted by Crippen LogP contribution is 2.20. The Kier molecular flexibility index (Phi) is 5.27. The Morgan fingerprint density at radius 3 is 2.62 bits per heavy atom. The number of fused-ring (bicyclic) bond motifs is 1. The number of aromatic nitrogens is 2. The summed E-state index contributed by atoms with van der Waals surface area (Å²) in [6.45, 7) is 6.93. The molecule has 2 aromatic carbocycles. The number of hydrogen-bond acceptors (Lipinski definition) is 3. The van der Waals surface area contributed by atoms with Crippen LogP contribution in [-0.4, -0.2) is 26.5 Å². The predicted molar refractivity (Wildman–Crippen MR) is 103 cm³/mol. The van der Waals surface area contributed by atoms with Crippen molar-refractivity contribution in [3.8, 4) is 0 Å². The molecule has 3 nitrogen and oxygen atoms in total. The van der Waals surface area contributed by atoms with Crippen molar-refractivity contribution >= 4 is 22.8 Å². The second kappa shape index (κ2) is 7.41. The minimum Gasteiger partial charge on any atom is -0.390 e. The number of nitrogens with zero attached hydrogens (tertiary/aromatic N) is 2. The highest BCUT2D eigenvalue weighted by atomic mass is 32.2. The lowest BCUT2D eigenvalue weighted by atomic mass is 10.1. The highest BCUT2D eigenvalue weighted by molar-refractivity contribution is 7.98. The molecule has 3 aromatic rings. The van der Waals surface area contributed by atoms with Gasteiger partial charge in [-0.3, -0.25) is 0 Å². The molecule has 24 heavy (non-hydrogen) atoms. The summed E-state index contributed by atoms with van der Waals surface area (Å²) in [5.74, 6) is 1.66. The van der Waals surface area contributed by atoms with Crippen LogP contribution >= 0.6 is 11.8 Å². The first kappa shape index (κ1) is 17.1. The molecular weight excluding hydrogens is 316 g/mol. The van der Waals surface area contributed by atoms with Crippen LogP contribution in [-0.2, 0) is 12.3 Å². The minimum absolute atomic E-state index is 0.377. The maximum absolute atomic E-state index is 10.4. The molecule has 3 rings (SSSR count). The van der Waals surface area contributed by atoms with E-state index in [4.69, 9.17) is 0 Å². The van der Waals surface area contributed by atoms with Crippen molar-refractivity contribution in [2.75, 3.05) is 5.75 Å². The van der Waals surface area contributed by atoms with Crippen LogP contribution in [0.1, 0.15) is 22.3 Å². The van der Waals surface area contributed by atoms with Crippen LogP contribution in [0.25, 0.3) is 11.0 Å². The molecule has 0 unspecified atom stereocenters. The predicted octanol–water partition coefficient (Wildman–Crippen LogP) is 4.26. The van der Waals surface area contributed by atoms with Crippen molar-refractivity contribution in [2.45, 2.75) is 39.2 Å². The van der Waals surface area contributed by atoms with Crippen LogP contribution in [0.15, 0.2) is 42.7 Å². The van der Waals surface area contributed by atoms with Crippen LogP contribution < -0.4 is 0 Å². The van der Waals surface area contributed by atoms with Gasteiger partial charge in [0.1, 0.15) is 0 Å². The first-order chi connectivity index (χ1) is 11.5. The smallest absolute Gasteiger partial charge is 0.0959 e. The number of thioether (sulfide) groups is 1. The summed E-state index contributed by atoms with van der Waals surface area (Å²) >= 11 is 1.78. The number of aliphatic hydroxyl groups is 1. The van der Waals surface area contributed by atoms with E-state index in [9.17, 15) is 5.11 Å². The molecule has 0 radical (unpaired) electrons. The number of aliphatic hydroxyl groups excluding tert-OH is 1. The summed E-state index contributed by atoms with van der Waals surface area (Å²) in [6.07, 6.45) is 1.46. The molecule has 1 atom stereocenters. The Labute approximate surface area is 147 Å². The van der Waals surface area contributed by atoms with Crippen molar-refractivity contribution < 1.29 is 5.11 Å². The largest absolute Gasteiger partial charge is 0.390 e. The number of imidazole rings is 1. The Morgan fingerprint density at radius 2 is 1.83 bits per heavy atom. The van der Waals surface area contributed by atoms with Gasteiger partial charge in [0.2, 0.25) is 0 Å². The van der Waals surface area contributed by atoms with Crippen LogP contribution in [0, 0.1) is 20.8 Å². The van der Waals surface area contributed by atoms with E-state index in [0.29, 0.717) is 6.54 Å². The zero-order valence-electron chi connectivity index (χ0n) is 14.5. The lowest BCUT2D eigenvalue weighted by Gasteiger charge is -2.13. The van der Waals surface area contributed by atoms with E-state index in [1.165, 1.54) is 22.3 Å². The Bertz CT molecular complexity index is 841. The standard InChI is InChI=1S/C20H24N2OS/c1-14-6-4-5-7-17(14)11-24-12-18(23)10-22-13-21-19-8-15(2)16(3)9-20(19)22/h4-9,13,18,23H,10-12H2,1-3H3/t18-/m1/s1. The molecule has 0 spiro atoms. The molecule has 0 bridgehead atoms. The third-order valence-corrected chi connectivity index (χ3v) is 5.61. The molecule has 1 aromatic heterocycles. The van der Waals surface area contributed by atoms with Gasteiger partial charge in [0.25, 0.3) is 0 Å². The normalized spacial score (nSPS) is 12.7. The third kappa shape index (κ3) is 3.82. The molecule has 0 saturated heterocycles. The summed E-state index contributed by atoms with van der Waals surface area (Å²) in [5, 5.41) is 10.4. The Balaban J connectivity index is 1.60. The summed E-state index contributed by atoms with van der Waals surface area (Å²) in [4.78, 5) is 4.46. The molecule has 126 valence electrons. The average molecular weight is 340 g/mol. The minimum atomic E-state index is -0.377. The summed E-state index contributed by atoms with van der Waals surface area (Å²) in [7, 11) is 0. The van der Waals surface area contributed by atoms with Gasteiger partial charge in [-0.2, -0.15) is 11.8 Å². The quantitative estimate of drug-likeness (QED) is 0.729. The fourth-order valence-electron chi connectivity index (χ4n) is 2.82. The van der Waals surface area contributed by atoms with Gasteiger partial charge >= 0.3 is 0 Å². The van der Waals surface area contributed by atoms with E-state index < -0.39 is 0 Å². The molecule has 4 heteroatoms. The SMILES string of the molecule is Cc1cc2ncn(C[C@@H](O)CSCc3ccccc3C)c2cc1C. The van der Waals surface area contributed by atoms with Crippen molar-refractivity contribution in [2.24, 2.45) is 0 Å². The van der Waals surface area contributed by atoms with Crippen LogP contribution in [0.2, 0.25) is 0 Å². The van der Waals surface area contributed by atoms with Crippen LogP contribution in [0.3, 0.4) is 0 Å². The molecule has 0 aliphatic rings. The van der Waals surface area contributed by atoms with Gasteiger partial charge in [0.05, 0.1) is 30.0 Å². The van der Waals surface area contributed by atoms with Gasteiger partial charge in [-0.15, -0.1) is 0 Å². The molecule has 0 amide bonds. The summed E-state index contributed by atoms with van der Waals surface area (Å²) < 4.78 is 2.06. The molecule has 0 saturated carbocycles. The number of benzene rings is 2. The van der Waals surface area contributed by atoms with Crippen molar-refractivity contribution in [1.82, 2.24) is 9.55 Å². The summed E-state index contributed by atoms with van der Waals surface area (Å²) in [5.41, 5.74) is 7.26. The van der Waals surface area contributed by atoms with Gasteiger partial charge in [-0.1, -0.05) is 24.3 Å². The van der Waals surface area contributed by atoms with Gasteiger partial charge in [-0.05, 0) is 55.2 Å². The highest BCUT2D eigenvalue weighted by Gasteiger charge is 2.10. The summed E-state index contributed by atoms with van der Waals surface area (Å²) in [6, 6.07) is 12.7. The monoisotopic (exact) mass is 340 g/mol. The second-order valence-corrected chi connectivity index (χ2v) is 7.45. The first-order valence-corrected chi connectivity index (χ1v) is 9.42. The van der Waals surface area contributed by atoms with E-state index in [1.54, 1.807) is 11.8 Å². The third-order valence-electron chi connectivity index (χ3n) is 4.47. The van der Waals surface area contributed by atoms with E-state index in [-0.39, 0.29) is 6.10 Å². The van der Waals surface area contributed by atoms with Crippen LogP contribution in [0.5, 0.6) is 0 Å². The first-order valence-electron chi connectivity index (χ1n) is 8.27. The Morgan fingerprint density at radius 1 is 1.08 bits per heavy atom. The maximum atomic E-state index is 10.4. The van der Waals surface area contributed by atoms with Gasteiger partial charge in [0.15, 0.2) is 0 Å².